The summed E-state index contributed by atoms with van der Waals surface area (Å²) in [5.41, 5.74) is 8.48. The van der Waals surface area contributed by atoms with Crippen molar-refractivity contribution < 1.29 is 9.90 Å². The van der Waals surface area contributed by atoms with Crippen LogP contribution in [0.2, 0.25) is 5.02 Å². The van der Waals surface area contributed by atoms with Crippen molar-refractivity contribution in [2.24, 2.45) is 12.8 Å². The molecule has 1 heterocycles. The Morgan fingerprint density at radius 2 is 2.05 bits per heavy atom. The minimum atomic E-state index is -0.992. The van der Waals surface area contributed by atoms with Crippen molar-refractivity contribution in [3.8, 4) is 0 Å². The van der Waals surface area contributed by atoms with Crippen molar-refractivity contribution in [1.29, 1.82) is 0 Å². The summed E-state index contributed by atoms with van der Waals surface area (Å²) in [6, 6.07) is 4.73. The van der Waals surface area contributed by atoms with Crippen LogP contribution in [0.5, 0.6) is 0 Å². The molecule has 0 aliphatic rings. The lowest BCUT2D eigenvalue weighted by Crippen LogP contribution is -2.32. The second-order valence-electron chi connectivity index (χ2n) is 4.41. The van der Waals surface area contributed by atoms with Crippen LogP contribution in [0.15, 0.2) is 18.2 Å². The van der Waals surface area contributed by atoms with Gasteiger partial charge in [-0.1, -0.05) is 37.6 Å². The van der Waals surface area contributed by atoms with Gasteiger partial charge in [-0.05, 0) is 18.6 Å². The molecule has 0 saturated heterocycles. The van der Waals surface area contributed by atoms with Gasteiger partial charge in [0.1, 0.15) is 6.04 Å². The molecule has 1 aromatic carbocycles. The molecule has 0 spiro atoms. The van der Waals surface area contributed by atoms with Crippen LogP contribution in [0.3, 0.4) is 0 Å². The molecule has 3 N–H and O–H groups in total. The molecule has 5 heteroatoms. The van der Waals surface area contributed by atoms with E-state index >= 15 is 0 Å². The number of nitrogens with two attached hydrogens (primary N) is 1. The highest BCUT2D eigenvalue weighted by Gasteiger charge is 2.19. The monoisotopic (exact) mass is 296 g/mol. The second kappa shape index (κ2) is 6.77. The van der Waals surface area contributed by atoms with Gasteiger partial charge in [-0.3, -0.25) is 4.79 Å². The van der Waals surface area contributed by atoms with Crippen LogP contribution in [0.25, 0.3) is 10.9 Å². The highest BCUT2D eigenvalue weighted by molar-refractivity contribution is 6.35. The topological polar surface area (TPSA) is 68.2 Å². The van der Waals surface area contributed by atoms with Gasteiger partial charge < -0.3 is 15.4 Å². The number of rotatable bonds is 3. The van der Waals surface area contributed by atoms with Gasteiger partial charge in [0.15, 0.2) is 0 Å². The minimum Gasteiger partial charge on any atom is -0.480 e. The van der Waals surface area contributed by atoms with Crippen molar-refractivity contribution in [1.82, 2.24) is 4.57 Å². The quantitative estimate of drug-likeness (QED) is 0.914. The summed E-state index contributed by atoms with van der Waals surface area (Å²) < 4.78 is 1.97. The maximum Gasteiger partial charge on any atom is 0.320 e. The number of fused-ring (bicyclic) bond motifs is 1. The van der Waals surface area contributed by atoms with E-state index in [0.29, 0.717) is 11.4 Å². The Hall–Kier alpha value is -1.52. The number of para-hydroxylation sites is 1. The first-order valence-corrected chi connectivity index (χ1v) is 7.02. The maximum atomic E-state index is 10.9. The zero-order valence-corrected chi connectivity index (χ0v) is 13.0. The summed E-state index contributed by atoms with van der Waals surface area (Å²) >= 11 is 6.18. The summed E-state index contributed by atoms with van der Waals surface area (Å²) in [6.45, 7) is 5.94. The van der Waals surface area contributed by atoms with Gasteiger partial charge in [-0.2, -0.15) is 0 Å². The third-order valence-electron chi connectivity index (χ3n) is 3.33. The number of benzene rings is 1. The Morgan fingerprint density at radius 3 is 2.60 bits per heavy atom. The number of carboxylic acids is 1. The Morgan fingerprint density at radius 1 is 1.45 bits per heavy atom. The van der Waals surface area contributed by atoms with Crippen LogP contribution >= 0.6 is 11.6 Å². The molecule has 1 atom stereocenters. The number of aliphatic carboxylic acids is 1. The molecule has 0 radical (unpaired) electrons. The maximum absolute atomic E-state index is 10.9. The number of carboxylic acid groups (broad SMARTS) is 1. The number of hydrogen-bond donors (Lipinski definition) is 2. The van der Waals surface area contributed by atoms with E-state index in [9.17, 15) is 4.79 Å². The van der Waals surface area contributed by atoms with Gasteiger partial charge >= 0.3 is 5.97 Å². The van der Waals surface area contributed by atoms with Crippen molar-refractivity contribution in [3.05, 3.63) is 34.5 Å². The summed E-state index contributed by atoms with van der Waals surface area (Å²) in [7, 11) is 1.92. The largest absolute Gasteiger partial charge is 0.480 e. The average Bonchev–Trinajstić information content (AvgIpc) is 2.67. The van der Waals surface area contributed by atoms with Gasteiger partial charge in [0.05, 0.1) is 10.5 Å². The Balaban J connectivity index is 0.000000956. The Kier molecular flexibility index (Phi) is 5.60. The van der Waals surface area contributed by atoms with E-state index in [1.165, 1.54) is 0 Å². The summed E-state index contributed by atoms with van der Waals surface area (Å²) in [5, 5.41) is 10.5. The fourth-order valence-corrected chi connectivity index (χ4v) is 2.53. The van der Waals surface area contributed by atoms with Gasteiger partial charge in [-0.25, -0.2) is 0 Å². The first-order valence-electron chi connectivity index (χ1n) is 6.64. The third-order valence-corrected chi connectivity index (χ3v) is 3.63. The lowest BCUT2D eigenvalue weighted by atomic mass is 10.0. The highest BCUT2D eigenvalue weighted by atomic mass is 35.5. The molecule has 1 unspecified atom stereocenters. The second-order valence-corrected chi connectivity index (χ2v) is 4.82. The number of nitrogens with zero attached hydrogens (tertiary/aromatic N) is 1. The molecule has 0 aliphatic heterocycles. The van der Waals surface area contributed by atoms with Crippen molar-refractivity contribution in [2.75, 3.05) is 0 Å². The first-order chi connectivity index (χ1) is 9.43. The fourth-order valence-electron chi connectivity index (χ4n) is 2.23. The zero-order chi connectivity index (χ0) is 15.4. The molecule has 0 fully saturated rings. The van der Waals surface area contributed by atoms with E-state index in [0.717, 1.165) is 22.2 Å². The van der Waals surface area contributed by atoms with Crippen LogP contribution in [-0.2, 0) is 18.3 Å². The molecular formula is C15H21ClN2O2. The van der Waals surface area contributed by atoms with Gasteiger partial charge in [-0.15, -0.1) is 0 Å². The van der Waals surface area contributed by atoms with Gasteiger partial charge in [0.2, 0.25) is 0 Å². The van der Waals surface area contributed by atoms with E-state index in [4.69, 9.17) is 22.4 Å². The van der Waals surface area contributed by atoms with Crippen molar-refractivity contribution in [2.45, 2.75) is 33.2 Å². The van der Waals surface area contributed by atoms with E-state index in [1.54, 1.807) is 0 Å². The lowest BCUT2D eigenvalue weighted by molar-refractivity contribution is -0.138. The van der Waals surface area contributed by atoms with Crippen LogP contribution in [0.1, 0.15) is 25.1 Å². The van der Waals surface area contributed by atoms with E-state index in [2.05, 4.69) is 0 Å². The van der Waals surface area contributed by atoms with Gasteiger partial charge in [0, 0.05) is 24.5 Å². The van der Waals surface area contributed by atoms with Gasteiger partial charge in [0.25, 0.3) is 0 Å². The number of hydrogen-bond acceptors (Lipinski definition) is 2. The van der Waals surface area contributed by atoms with Crippen LogP contribution in [0.4, 0.5) is 0 Å². The van der Waals surface area contributed by atoms with Crippen molar-refractivity contribution >= 4 is 28.5 Å². The van der Waals surface area contributed by atoms with E-state index in [-0.39, 0.29) is 0 Å². The molecule has 0 saturated carbocycles. The van der Waals surface area contributed by atoms with Crippen LogP contribution < -0.4 is 5.73 Å². The fraction of sp³-hybridized carbons (Fsp3) is 0.400. The number of halogens is 1. The van der Waals surface area contributed by atoms with Crippen LogP contribution in [-0.4, -0.2) is 21.7 Å². The molecular weight excluding hydrogens is 276 g/mol. The average molecular weight is 297 g/mol. The predicted octanol–water partition coefficient (Wildman–Crippen LogP) is 3.12. The highest BCUT2D eigenvalue weighted by Crippen LogP contribution is 2.30. The summed E-state index contributed by atoms with van der Waals surface area (Å²) in [5.74, 6) is -0.992. The zero-order valence-electron chi connectivity index (χ0n) is 12.3. The van der Waals surface area contributed by atoms with E-state index < -0.39 is 12.0 Å². The minimum absolute atomic E-state index is 0.304. The number of carbonyl (C=O) groups is 1. The molecule has 0 aliphatic carbocycles. The predicted molar refractivity (Wildman–Crippen MR) is 83.3 cm³/mol. The molecule has 110 valence electrons. The molecule has 4 nitrogen and oxygen atoms in total. The third kappa shape index (κ3) is 2.97. The molecule has 0 bridgehead atoms. The molecule has 20 heavy (non-hydrogen) atoms. The molecule has 0 amide bonds. The summed E-state index contributed by atoms with van der Waals surface area (Å²) in [6.07, 6.45) is 0.304. The number of aromatic nitrogens is 1. The SMILES string of the molecule is CC.Cc1c(CC(N)C(=O)O)c2cccc(Cl)c2n1C. The Labute approximate surface area is 124 Å². The van der Waals surface area contributed by atoms with Crippen LogP contribution in [0, 0.1) is 6.92 Å². The summed E-state index contributed by atoms with van der Waals surface area (Å²) in [4.78, 5) is 10.9. The molecule has 2 aromatic rings. The smallest absolute Gasteiger partial charge is 0.320 e. The van der Waals surface area contributed by atoms with Crippen molar-refractivity contribution in [3.63, 3.8) is 0 Å². The lowest BCUT2D eigenvalue weighted by Gasteiger charge is -2.06. The Bertz CT molecular complexity index is 620. The number of aryl methyl sites for hydroxylation is 1. The first kappa shape index (κ1) is 16.5. The normalized spacial score (nSPS) is 11.9. The van der Waals surface area contributed by atoms with E-state index in [1.807, 2.05) is 50.6 Å². The molecule has 2 rings (SSSR count). The molecule has 1 aromatic heterocycles. The standard InChI is InChI=1S/C13H15ClN2O2.C2H6/c1-7-9(6-11(15)13(17)18)8-4-3-5-10(14)12(8)16(7)2;1-2/h3-5,11H,6,15H2,1-2H3,(H,17,18);1-2H3.